The molecular weight excluding hydrogens is 172 g/mol. The highest BCUT2D eigenvalue weighted by Crippen LogP contribution is 2.20. The Morgan fingerprint density at radius 3 is 2.57 bits per heavy atom. The van der Waals surface area contributed by atoms with Crippen LogP contribution in [0.4, 0.5) is 5.69 Å². The molecule has 0 aliphatic carbocycles. The van der Waals surface area contributed by atoms with Gasteiger partial charge in [-0.05, 0) is 38.4 Å². The molecule has 1 rings (SSSR count). The number of para-hydroxylation sites is 1. The van der Waals surface area contributed by atoms with E-state index in [1.807, 2.05) is 0 Å². The molecule has 2 heteroatoms. The number of rotatable bonds is 4. The smallest absolute Gasteiger partial charge is 0.0395 e. The van der Waals surface area contributed by atoms with Crippen LogP contribution in [0.15, 0.2) is 24.3 Å². The van der Waals surface area contributed by atoms with Gasteiger partial charge in [-0.25, -0.2) is 0 Å². The minimum atomic E-state index is 0.501. The van der Waals surface area contributed by atoms with E-state index in [0.717, 1.165) is 13.0 Å². The molecule has 0 saturated carbocycles. The highest BCUT2D eigenvalue weighted by atomic mass is 15.1. The van der Waals surface area contributed by atoms with Gasteiger partial charge in [-0.2, -0.15) is 0 Å². The van der Waals surface area contributed by atoms with E-state index in [9.17, 15) is 0 Å². The van der Waals surface area contributed by atoms with Crippen LogP contribution in [0.2, 0.25) is 0 Å². The third kappa shape index (κ3) is 2.48. The van der Waals surface area contributed by atoms with Crippen LogP contribution in [0.25, 0.3) is 0 Å². The Kier molecular flexibility index (Phi) is 3.96. The molecule has 1 aromatic rings. The zero-order valence-corrected chi connectivity index (χ0v) is 9.33. The Balaban J connectivity index is 2.78. The first kappa shape index (κ1) is 11.1. The summed E-state index contributed by atoms with van der Waals surface area (Å²) in [5, 5.41) is 0. The third-order valence-corrected chi connectivity index (χ3v) is 2.74. The number of hydrogen-bond acceptors (Lipinski definition) is 2. The SMILES string of the molecule is Cc1ccccc1N(C)C(C)CCN. The summed E-state index contributed by atoms with van der Waals surface area (Å²) >= 11 is 0. The lowest BCUT2D eigenvalue weighted by Crippen LogP contribution is -2.31. The summed E-state index contributed by atoms with van der Waals surface area (Å²) < 4.78 is 0. The van der Waals surface area contributed by atoms with Gasteiger partial charge in [0.05, 0.1) is 0 Å². The van der Waals surface area contributed by atoms with Crippen molar-refractivity contribution in [2.45, 2.75) is 26.3 Å². The van der Waals surface area contributed by atoms with E-state index in [2.05, 4.69) is 50.1 Å². The minimum Gasteiger partial charge on any atom is -0.372 e. The highest BCUT2D eigenvalue weighted by molar-refractivity contribution is 5.52. The van der Waals surface area contributed by atoms with Crippen LogP contribution >= 0.6 is 0 Å². The summed E-state index contributed by atoms with van der Waals surface area (Å²) in [5.74, 6) is 0. The number of aryl methyl sites for hydroxylation is 1. The van der Waals surface area contributed by atoms with Crippen LogP contribution < -0.4 is 10.6 Å². The molecule has 2 nitrogen and oxygen atoms in total. The third-order valence-electron chi connectivity index (χ3n) is 2.74. The molecule has 0 bridgehead atoms. The Morgan fingerprint density at radius 2 is 2.00 bits per heavy atom. The lowest BCUT2D eigenvalue weighted by Gasteiger charge is -2.28. The molecule has 1 atom stereocenters. The van der Waals surface area contributed by atoms with Crippen molar-refractivity contribution < 1.29 is 0 Å². The summed E-state index contributed by atoms with van der Waals surface area (Å²) in [7, 11) is 2.13. The standard InChI is InChI=1S/C12H20N2/c1-10-6-4-5-7-12(10)14(3)11(2)8-9-13/h4-7,11H,8-9,13H2,1-3H3. The van der Waals surface area contributed by atoms with Crippen molar-refractivity contribution in [1.29, 1.82) is 0 Å². The van der Waals surface area contributed by atoms with Gasteiger partial charge < -0.3 is 10.6 Å². The van der Waals surface area contributed by atoms with Crippen molar-refractivity contribution in [2.24, 2.45) is 5.73 Å². The van der Waals surface area contributed by atoms with Gasteiger partial charge in [-0.3, -0.25) is 0 Å². The number of benzene rings is 1. The molecular formula is C12H20N2. The predicted octanol–water partition coefficient (Wildman–Crippen LogP) is 2.17. The molecule has 1 aromatic carbocycles. The van der Waals surface area contributed by atoms with E-state index in [-0.39, 0.29) is 0 Å². The fourth-order valence-corrected chi connectivity index (χ4v) is 1.63. The van der Waals surface area contributed by atoms with Crippen LogP contribution in [0.5, 0.6) is 0 Å². The average Bonchev–Trinajstić information content (AvgIpc) is 2.18. The van der Waals surface area contributed by atoms with Crippen LogP contribution in [-0.2, 0) is 0 Å². The molecule has 0 aliphatic rings. The van der Waals surface area contributed by atoms with Gasteiger partial charge >= 0.3 is 0 Å². The maximum Gasteiger partial charge on any atom is 0.0395 e. The molecule has 0 aliphatic heterocycles. The maximum absolute atomic E-state index is 5.56. The van der Waals surface area contributed by atoms with E-state index < -0.39 is 0 Å². The zero-order valence-electron chi connectivity index (χ0n) is 9.33. The topological polar surface area (TPSA) is 29.3 Å². The van der Waals surface area contributed by atoms with Gasteiger partial charge in [0.1, 0.15) is 0 Å². The van der Waals surface area contributed by atoms with Gasteiger partial charge in [-0.1, -0.05) is 18.2 Å². The number of hydrogen-bond donors (Lipinski definition) is 1. The molecule has 0 radical (unpaired) electrons. The summed E-state index contributed by atoms with van der Waals surface area (Å²) in [6.07, 6.45) is 1.03. The Bertz CT molecular complexity index is 283. The summed E-state index contributed by atoms with van der Waals surface area (Å²) in [6, 6.07) is 8.94. The van der Waals surface area contributed by atoms with E-state index >= 15 is 0 Å². The first-order chi connectivity index (χ1) is 6.66. The van der Waals surface area contributed by atoms with Gasteiger partial charge in [0.15, 0.2) is 0 Å². The Labute approximate surface area is 86.7 Å². The maximum atomic E-state index is 5.56. The lowest BCUT2D eigenvalue weighted by molar-refractivity contribution is 0.634. The zero-order chi connectivity index (χ0) is 10.6. The van der Waals surface area contributed by atoms with Gasteiger partial charge in [0.2, 0.25) is 0 Å². The molecule has 2 N–H and O–H groups in total. The molecule has 78 valence electrons. The number of nitrogens with zero attached hydrogens (tertiary/aromatic N) is 1. The Morgan fingerprint density at radius 1 is 1.36 bits per heavy atom. The predicted molar refractivity (Wildman–Crippen MR) is 62.7 cm³/mol. The second-order valence-corrected chi connectivity index (χ2v) is 3.82. The minimum absolute atomic E-state index is 0.501. The van der Waals surface area contributed by atoms with Crippen molar-refractivity contribution in [3.8, 4) is 0 Å². The lowest BCUT2D eigenvalue weighted by atomic mass is 10.1. The largest absolute Gasteiger partial charge is 0.372 e. The molecule has 14 heavy (non-hydrogen) atoms. The average molecular weight is 192 g/mol. The molecule has 0 fully saturated rings. The van der Waals surface area contributed by atoms with Gasteiger partial charge in [0.25, 0.3) is 0 Å². The monoisotopic (exact) mass is 192 g/mol. The number of nitrogens with two attached hydrogens (primary N) is 1. The second kappa shape index (κ2) is 5.01. The van der Waals surface area contributed by atoms with E-state index in [1.165, 1.54) is 11.3 Å². The first-order valence-electron chi connectivity index (χ1n) is 5.15. The van der Waals surface area contributed by atoms with Crippen molar-refractivity contribution >= 4 is 5.69 Å². The van der Waals surface area contributed by atoms with Crippen LogP contribution in [0.3, 0.4) is 0 Å². The molecule has 1 unspecified atom stereocenters. The fourth-order valence-electron chi connectivity index (χ4n) is 1.63. The van der Waals surface area contributed by atoms with Crippen molar-refractivity contribution in [3.05, 3.63) is 29.8 Å². The van der Waals surface area contributed by atoms with Crippen LogP contribution in [-0.4, -0.2) is 19.6 Å². The normalized spacial score (nSPS) is 12.6. The number of anilines is 1. The second-order valence-electron chi connectivity index (χ2n) is 3.82. The molecule has 0 heterocycles. The molecule has 0 aromatic heterocycles. The van der Waals surface area contributed by atoms with E-state index in [1.54, 1.807) is 0 Å². The van der Waals surface area contributed by atoms with Gasteiger partial charge in [-0.15, -0.1) is 0 Å². The van der Waals surface area contributed by atoms with Crippen molar-refractivity contribution in [1.82, 2.24) is 0 Å². The highest BCUT2D eigenvalue weighted by Gasteiger charge is 2.10. The summed E-state index contributed by atoms with van der Waals surface area (Å²) in [5.41, 5.74) is 8.17. The summed E-state index contributed by atoms with van der Waals surface area (Å²) in [6.45, 7) is 5.09. The quantitative estimate of drug-likeness (QED) is 0.792. The molecule has 0 spiro atoms. The van der Waals surface area contributed by atoms with Crippen molar-refractivity contribution in [2.75, 3.05) is 18.5 Å². The summed E-state index contributed by atoms with van der Waals surface area (Å²) in [4.78, 5) is 2.29. The first-order valence-corrected chi connectivity index (χ1v) is 5.15. The Hall–Kier alpha value is -1.02. The fraction of sp³-hybridized carbons (Fsp3) is 0.500. The van der Waals surface area contributed by atoms with Crippen LogP contribution in [0, 0.1) is 6.92 Å². The van der Waals surface area contributed by atoms with Crippen LogP contribution in [0.1, 0.15) is 18.9 Å². The van der Waals surface area contributed by atoms with E-state index in [0.29, 0.717) is 6.04 Å². The van der Waals surface area contributed by atoms with E-state index in [4.69, 9.17) is 5.73 Å². The molecule has 0 amide bonds. The molecule has 0 saturated heterocycles. The van der Waals surface area contributed by atoms with Crippen molar-refractivity contribution in [3.63, 3.8) is 0 Å². The van der Waals surface area contributed by atoms with Gasteiger partial charge in [0, 0.05) is 18.8 Å².